The quantitative estimate of drug-likeness (QED) is 0.768. The van der Waals surface area contributed by atoms with Crippen molar-refractivity contribution in [3.05, 3.63) is 27.3 Å². The van der Waals surface area contributed by atoms with Gasteiger partial charge in [0.05, 0.1) is 3.57 Å². The van der Waals surface area contributed by atoms with Gasteiger partial charge in [-0.2, -0.15) is 0 Å². The van der Waals surface area contributed by atoms with Gasteiger partial charge in [0.25, 0.3) is 5.91 Å². The van der Waals surface area contributed by atoms with Gasteiger partial charge in [0.2, 0.25) is 0 Å². The molecule has 5 heteroatoms. The van der Waals surface area contributed by atoms with E-state index in [1.807, 2.05) is 0 Å². The van der Waals surface area contributed by atoms with Gasteiger partial charge in [-0.15, -0.1) is 0 Å². The predicted octanol–water partition coefficient (Wildman–Crippen LogP) is 0.924. The van der Waals surface area contributed by atoms with Gasteiger partial charge < -0.3 is 5.73 Å². The largest absolute Gasteiger partial charge is 0.364 e. The molecule has 0 aliphatic carbocycles. The molecular weight excluding hydrogens is 262 g/mol. The lowest BCUT2D eigenvalue weighted by Crippen LogP contribution is -2.15. The van der Waals surface area contributed by atoms with E-state index in [0.29, 0.717) is 3.57 Å². The number of halogens is 2. The van der Waals surface area contributed by atoms with Gasteiger partial charge in [0.15, 0.2) is 11.5 Å². The maximum Gasteiger partial charge on any atom is 0.270 e. The monoisotopic (exact) mass is 266 g/mol. The molecule has 0 fully saturated rings. The lowest BCUT2D eigenvalue weighted by molar-refractivity contribution is 0.0991. The second-order valence-corrected chi connectivity index (χ2v) is 2.98. The smallest absolute Gasteiger partial charge is 0.270 e. The van der Waals surface area contributed by atoms with Crippen molar-refractivity contribution in [1.29, 1.82) is 0 Å². The molecule has 0 saturated heterocycles. The van der Waals surface area contributed by atoms with E-state index in [-0.39, 0.29) is 5.69 Å². The van der Waals surface area contributed by atoms with Crippen LogP contribution in [0.25, 0.3) is 0 Å². The van der Waals surface area contributed by atoms with E-state index in [0.717, 1.165) is 0 Å². The third-order valence-corrected chi connectivity index (χ3v) is 1.91. The molecule has 0 unspecified atom stereocenters. The van der Waals surface area contributed by atoms with Crippen molar-refractivity contribution in [3.63, 3.8) is 0 Å². The van der Waals surface area contributed by atoms with Crippen LogP contribution >= 0.6 is 22.6 Å². The molecule has 0 radical (unpaired) electrons. The van der Waals surface area contributed by atoms with Gasteiger partial charge in [0, 0.05) is 6.20 Å². The molecule has 1 aromatic rings. The Morgan fingerprint density at radius 2 is 2.36 bits per heavy atom. The van der Waals surface area contributed by atoms with E-state index in [9.17, 15) is 9.18 Å². The van der Waals surface area contributed by atoms with E-state index >= 15 is 0 Å². The fourth-order valence-electron chi connectivity index (χ4n) is 0.592. The Morgan fingerprint density at radius 3 is 2.82 bits per heavy atom. The fraction of sp³-hybridized carbons (Fsp3) is 0. The van der Waals surface area contributed by atoms with Crippen LogP contribution in [-0.4, -0.2) is 10.9 Å². The molecule has 0 saturated carbocycles. The molecule has 0 aliphatic rings. The minimum atomic E-state index is -0.846. The summed E-state index contributed by atoms with van der Waals surface area (Å²) in [6.07, 6.45) is 1.34. The standard InChI is InChI=1S/C6H4FIN2O/c7-4-3(8)1-2-10-5(4)6(9)11/h1-2H,(H2,9,11). The van der Waals surface area contributed by atoms with E-state index in [1.165, 1.54) is 12.3 Å². The summed E-state index contributed by atoms with van der Waals surface area (Å²) in [5.74, 6) is -1.50. The highest BCUT2D eigenvalue weighted by Gasteiger charge is 2.11. The van der Waals surface area contributed by atoms with Crippen molar-refractivity contribution in [2.45, 2.75) is 0 Å². The Hall–Kier alpha value is -0.720. The zero-order valence-corrected chi connectivity index (χ0v) is 7.50. The first kappa shape index (κ1) is 8.38. The maximum absolute atomic E-state index is 12.9. The number of carbonyl (C=O) groups is 1. The lowest BCUT2D eigenvalue weighted by Gasteiger charge is -1.97. The van der Waals surface area contributed by atoms with Crippen LogP contribution in [0.15, 0.2) is 12.3 Å². The molecule has 0 spiro atoms. The van der Waals surface area contributed by atoms with E-state index in [1.54, 1.807) is 22.6 Å². The second-order valence-electron chi connectivity index (χ2n) is 1.82. The zero-order valence-electron chi connectivity index (χ0n) is 5.34. The molecule has 1 rings (SSSR count). The highest BCUT2D eigenvalue weighted by atomic mass is 127. The Kier molecular flexibility index (Phi) is 2.38. The van der Waals surface area contributed by atoms with Gasteiger partial charge >= 0.3 is 0 Å². The summed E-state index contributed by atoms with van der Waals surface area (Å²) in [4.78, 5) is 14.0. The van der Waals surface area contributed by atoms with Crippen LogP contribution in [0.3, 0.4) is 0 Å². The molecule has 1 aromatic heterocycles. The summed E-state index contributed by atoms with van der Waals surface area (Å²) < 4.78 is 13.2. The molecule has 1 amide bonds. The maximum atomic E-state index is 12.9. The first-order valence-corrected chi connectivity index (χ1v) is 3.80. The summed E-state index contributed by atoms with van der Waals surface area (Å²) >= 11 is 1.76. The minimum absolute atomic E-state index is 0.308. The van der Waals surface area contributed by atoms with Crippen molar-refractivity contribution in [2.24, 2.45) is 5.73 Å². The van der Waals surface area contributed by atoms with Crippen LogP contribution in [0.4, 0.5) is 4.39 Å². The van der Waals surface area contributed by atoms with Gasteiger partial charge in [-0.3, -0.25) is 4.79 Å². The van der Waals surface area contributed by atoms with Gasteiger partial charge in [-0.1, -0.05) is 0 Å². The average Bonchev–Trinajstić information content (AvgIpc) is 1.94. The first-order valence-electron chi connectivity index (χ1n) is 2.72. The summed E-state index contributed by atoms with van der Waals surface area (Å²) in [5, 5.41) is 0. The number of amides is 1. The van der Waals surface area contributed by atoms with Crippen LogP contribution in [-0.2, 0) is 0 Å². The number of nitrogens with two attached hydrogens (primary N) is 1. The van der Waals surface area contributed by atoms with E-state index in [4.69, 9.17) is 5.73 Å². The van der Waals surface area contributed by atoms with Gasteiger partial charge in [-0.25, -0.2) is 9.37 Å². The van der Waals surface area contributed by atoms with E-state index in [2.05, 4.69) is 4.98 Å². The molecule has 0 aromatic carbocycles. The van der Waals surface area contributed by atoms with Crippen LogP contribution in [0.5, 0.6) is 0 Å². The Morgan fingerprint density at radius 1 is 1.73 bits per heavy atom. The first-order chi connectivity index (χ1) is 5.13. The molecule has 3 nitrogen and oxygen atoms in total. The number of aromatic nitrogens is 1. The highest BCUT2D eigenvalue weighted by molar-refractivity contribution is 14.1. The summed E-state index contributed by atoms with van der Waals surface area (Å²) in [6.45, 7) is 0. The molecule has 0 aliphatic heterocycles. The van der Waals surface area contributed by atoms with Crippen molar-refractivity contribution in [2.75, 3.05) is 0 Å². The third-order valence-electron chi connectivity index (χ3n) is 1.08. The van der Waals surface area contributed by atoms with Crippen LogP contribution in [0.2, 0.25) is 0 Å². The number of carbonyl (C=O) groups excluding carboxylic acids is 1. The van der Waals surface area contributed by atoms with Crippen molar-refractivity contribution < 1.29 is 9.18 Å². The highest BCUT2D eigenvalue weighted by Crippen LogP contribution is 2.11. The summed E-state index contributed by atoms with van der Waals surface area (Å²) in [5.41, 5.74) is 4.53. The number of primary amides is 1. The van der Waals surface area contributed by atoms with Crippen LogP contribution in [0, 0.1) is 9.39 Å². The van der Waals surface area contributed by atoms with E-state index < -0.39 is 11.7 Å². The van der Waals surface area contributed by atoms with Crippen LogP contribution < -0.4 is 5.73 Å². The zero-order chi connectivity index (χ0) is 8.43. The SMILES string of the molecule is NC(=O)c1nccc(I)c1F. The van der Waals surface area contributed by atoms with Crippen molar-refractivity contribution in [3.8, 4) is 0 Å². The lowest BCUT2D eigenvalue weighted by atomic mass is 10.3. The Balaban J connectivity index is 3.27. The number of pyridine rings is 1. The molecule has 11 heavy (non-hydrogen) atoms. The molecular formula is C6H4FIN2O. The Labute approximate surface area is 75.9 Å². The number of hydrogen-bond donors (Lipinski definition) is 1. The minimum Gasteiger partial charge on any atom is -0.364 e. The number of rotatable bonds is 1. The molecule has 2 N–H and O–H groups in total. The van der Waals surface area contributed by atoms with Crippen LogP contribution in [0.1, 0.15) is 10.5 Å². The topological polar surface area (TPSA) is 56.0 Å². The average molecular weight is 266 g/mol. The molecule has 0 bridgehead atoms. The van der Waals surface area contributed by atoms with Crippen molar-refractivity contribution in [1.82, 2.24) is 4.98 Å². The van der Waals surface area contributed by atoms with Gasteiger partial charge in [0.1, 0.15) is 0 Å². The third kappa shape index (κ3) is 1.65. The molecule has 0 atom stereocenters. The Bertz CT molecular complexity index is 303. The normalized spacial score (nSPS) is 9.64. The predicted molar refractivity (Wildman–Crippen MR) is 45.4 cm³/mol. The number of nitrogens with zero attached hydrogens (tertiary/aromatic N) is 1. The molecule has 58 valence electrons. The summed E-state index contributed by atoms with van der Waals surface area (Å²) in [7, 11) is 0. The number of hydrogen-bond acceptors (Lipinski definition) is 2. The van der Waals surface area contributed by atoms with Gasteiger partial charge in [-0.05, 0) is 28.7 Å². The fourth-order valence-corrected chi connectivity index (χ4v) is 1.01. The second kappa shape index (κ2) is 3.12. The summed E-state index contributed by atoms with van der Waals surface area (Å²) in [6, 6.07) is 1.46. The molecule has 1 heterocycles. The van der Waals surface area contributed by atoms with Crippen molar-refractivity contribution >= 4 is 28.5 Å².